The van der Waals surface area contributed by atoms with E-state index in [2.05, 4.69) is 5.32 Å². The van der Waals surface area contributed by atoms with Crippen LogP contribution in [0.4, 0.5) is 5.69 Å². The summed E-state index contributed by atoms with van der Waals surface area (Å²) >= 11 is 0. The maximum atomic E-state index is 12.8. The second kappa shape index (κ2) is 5.60. The molecule has 4 aromatic rings. The lowest BCUT2D eigenvalue weighted by Crippen LogP contribution is -2.22. The number of nitrogens with two attached hydrogens (primary N) is 1. The van der Waals surface area contributed by atoms with Crippen LogP contribution in [-0.4, -0.2) is 20.9 Å². The normalized spacial score (nSPS) is 14.5. The van der Waals surface area contributed by atoms with Gasteiger partial charge in [0, 0.05) is 59.6 Å². The Balaban J connectivity index is 1.87. The maximum Gasteiger partial charge on any atom is 0.259 e. The SMILES string of the molecule is Cn1cc(C2=C(c3cn(C)c4cc(N)ccc34)C(=O)NC2=O)c2ccccc21. The molecule has 28 heavy (non-hydrogen) atoms. The average molecular weight is 370 g/mol. The fraction of sp³-hybridized carbons (Fsp3) is 0.0909. The lowest BCUT2D eigenvalue weighted by atomic mass is 9.95. The molecule has 0 aliphatic carbocycles. The molecule has 0 fully saturated rings. The molecule has 0 saturated carbocycles. The summed E-state index contributed by atoms with van der Waals surface area (Å²) in [6, 6.07) is 13.4. The molecule has 1 aliphatic heterocycles. The first-order valence-corrected chi connectivity index (χ1v) is 8.95. The molecule has 2 aromatic carbocycles. The number of carbonyl (C=O) groups excluding carboxylic acids is 2. The van der Waals surface area contributed by atoms with Gasteiger partial charge in [-0.05, 0) is 18.2 Å². The third-order valence-electron chi connectivity index (χ3n) is 5.38. The van der Waals surface area contributed by atoms with E-state index in [-0.39, 0.29) is 11.8 Å². The van der Waals surface area contributed by atoms with Crippen molar-refractivity contribution < 1.29 is 9.59 Å². The van der Waals surface area contributed by atoms with Crippen LogP contribution in [-0.2, 0) is 23.7 Å². The number of para-hydroxylation sites is 1. The van der Waals surface area contributed by atoms with Gasteiger partial charge in [-0.3, -0.25) is 14.9 Å². The van der Waals surface area contributed by atoms with Gasteiger partial charge in [0.15, 0.2) is 0 Å². The van der Waals surface area contributed by atoms with Crippen molar-refractivity contribution in [1.82, 2.24) is 14.5 Å². The Bertz CT molecular complexity index is 1350. The second-order valence-corrected chi connectivity index (χ2v) is 7.13. The van der Waals surface area contributed by atoms with Crippen molar-refractivity contribution in [3.63, 3.8) is 0 Å². The second-order valence-electron chi connectivity index (χ2n) is 7.13. The van der Waals surface area contributed by atoms with Gasteiger partial charge in [-0.1, -0.05) is 24.3 Å². The molecule has 3 heterocycles. The van der Waals surface area contributed by atoms with Crippen LogP contribution in [0.2, 0.25) is 0 Å². The predicted octanol–water partition coefficient (Wildman–Crippen LogP) is 2.82. The van der Waals surface area contributed by atoms with Crippen LogP contribution in [0.25, 0.3) is 33.0 Å². The van der Waals surface area contributed by atoms with Crippen LogP contribution < -0.4 is 11.1 Å². The lowest BCUT2D eigenvalue weighted by molar-refractivity contribution is -0.122. The van der Waals surface area contributed by atoms with Crippen molar-refractivity contribution in [3.8, 4) is 0 Å². The fourth-order valence-electron chi connectivity index (χ4n) is 4.11. The van der Waals surface area contributed by atoms with E-state index < -0.39 is 0 Å². The molecule has 0 spiro atoms. The summed E-state index contributed by atoms with van der Waals surface area (Å²) in [6.45, 7) is 0. The van der Waals surface area contributed by atoms with Gasteiger partial charge in [-0.2, -0.15) is 0 Å². The number of hydrogen-bond donors (Lipinski definition) is 2. The van der Waals surface area contributed by atoms with Crippen molar-refractivity contribution in [3.05, 3.63) is 66.0 Å². The Morgan fingerprint density at radius 1 is 0.786 bits per heavy atom. The summed E-state index contributed by atoms with van der Waals surface area (Å²) in [4.78, 5) is 25.6. The highest BCUT2D eigenvalue weighted by atomic mass is 16.2. The smallest absolute Gasteiger partial charge is 0.259 e. The molecular weight excluding hydrogens is 352 g/mol. The van der Waals surface area contributed by atoms with Crippen molar-refractivity contribution in [1.29, 1.82) is 0 Å². The molecule has 5 rings (SSSR count). The number of carbonyl (C=O) groups is 2. The summed E-state index contributed by atoms with van der Waals surface area (Å²) in [5, 5.41) is 4.30. The average Bonchev–Trinajstić information content (AvgIpc) is 3.27. The zero-order chi connectivity index (χ0) is 19.6. The number of hydrogen-bond acceptors (Lipinski definition) is 3. The quantitative estimate of drug-likeness (QED) is 0.420. The minimum atomic E-state index is -0.378. The van der Waals surface area contributed by atoms with Crippen LogP contribution in [0.1, 0.15) is 11.1 Å². The monoisotopic (exact) mass is 370 g/mol. The van der Waals surface area contributed by atoms with Gasteiger partial charge in [-0.15, -0.1) is 0 Å². The number of aromatic nitrogens is 2. The number of nitrogens with one attached hydrogen (secondary N) is 1. The van der Waals surface area contributed by atoms with E-state index in [0.29, 0.717) is 16.8 Å². The number of imide groups is 1. The van der Waals surface area contributed by atoms with Crippen LogP contribution in [0.3, 0.4) is 0 Å². The molecular formula is C22H18N4O2. The predicted molar refractivity (Wildman–Crippen MR) is 110 cm³/mol. The molecule has 2 aromatic heterocycles. The molecule has 0 atom stereocenters. The van der Waals surface area contributed by atoms with E-state index in [4.69, 9.17) is 5.73 Å². The Morgan fingerprint density at radius 2 is 1.36 bits per heavy atom. The van der Waals surface area contributed by atoms with Gasteiger partial charge in [-0.25, -0.2) is 0 Å². The molecule has 0 saturated heterocycles. The highest BCUT2D eigenvalue weighted by Crippen LogP contribution is 2.38. The molecule has 6 nitrogen and oxygen atoms in total. The molecule has 1 aliphatic rings. The Kier molecular flexibility index (Phi) is 3.27. The third kappa shape index (κ3) is 2.15. The Labute approximate surface area is 160 Å². The summed E-state index contributed by atoms with van der Waals surface area (Å²) in [7, 11) is 3.83. The number of nitrogens with zero attached hydrogens (tertiary/aromatic N) is 2. The first kappa shape index (κ1) is 16.4. The fourth-order valence-corrected chi connectivity index (χ4v) is 4.11. The molecule has 3 N–H and O–H groups in total. The summed E-state index contributed by atoms with van der Waals surface area (Å²) < 4.78 is 3.89. The number of nitrogen functional groups attached to an aromatic ring is 1. The van der Waals surface area contributed by atoms with Crippen molar-refractivity contribution in [2.75, 3.05) is 5.73 Å². The van der Waals surface area contributed by atoms with Crippen molar-refractivity contribution in [2.24, 2.45) is 14.1 Å². The number of benzene rings is 2. The largest absolute Gasteiger partial charge is 0.399 e. The third-order valence-corrected chi connectivity index (χ3v) is 5.38. The Hall–Kier alpha value is -3.80. The molecule has 0 unspecified atom stereocenters. The van der Waals surface area contributed by atoms with E-state index >= 15 is 0 Å². The first-order chi connectivity index (χ1) is 13.5. The molecule has 0 radical (unpaired) electrons. The highest BCUT2D eigenvalue weighted by molar-refractivity contribution is 6.50. The number of anilines is 1. The number of rotatable bonds is 2. The molecule has 0 bridgehead atoms. The highest BCUT2D eigenvalue weighted by Gasteiger charge is 2.35. The van der Waals surface area contributed by atoms with E-state index in [1.165, 1.54) is 0 Å². The summed E-state index contributed by atoms with van der Waals surface area (Å²) in [6.07, 6.45) is 3.78. The lowest BCUT2D eigenvalue weighted by Gasteiger charge is -2.03. The minimum absolute atomic E-state index is 0.371. The summed E-state index contributed by atoms with van der Waals surface area (Å²) in [5.41, 5.74) is 10.8. The van der Waals surface area contributed by atoms with Crippen LogP contribution in [0.15, 0.2) is 54.9 Å². The molecule has 6 heteroatoms. The zero-order valence-corrected chi connectivity index (χ0v) is 15.5. The van der Waals surface area contributed by atoms with E-state index in [1.807, 2.05) is 72.0 Å². The number of aryl methyl sites for hydroxylation is 2. The number of amides is 2. The van der Waals surface area contributed by atoms with Gasteiger partial charge in [0.1, 0.15) is 0 Å². The summed E-state index contributed by atoms with van der Waals surface area (Å²) in [5.74, 6) is -0.749. The van der Waals surface area contributed by atoms with Crippen molar-refractivity contribution in [2.45, 2.75) is 0 Å². The molecule has 2 amide bonds. The van der Waals surface area contributed by atoms with Gasteiger partial charge in [0.2, 0.25) is 0 Å². The maximum absolute atomic E-state index is 12.8. The zero-order valence-electron chi connectivity index (χ0n) is 15.5. The minimum Gasteiger partial charge on any atom is -0.399 e. The number of fused-ring (bicyclic) bond motifs is 2. The van der Waals surface area contributed by atoms with Crippen LogP contribution in [0.5, 0.6) is 0 Å². The standard InChI is InChI=1S/C22H18N4O2/c1-25-10-15(13-5-3-4-6-17(13)25)19-20(22(28)24-21(19)27)16-11-26(2)18-9-12(23)7-8-14(16)18/h3-11H,23H2,1-2H3,(H,24,27,28). The van der Waals surface area contributed by atoms with Gasteiger partial charge >= 0.3 is 0 Å². The van der Waals surface area contributed by atoms with Gasteiger partial charge in [0.05, 0.1) is 16.7 Å². The van der Waals surface area contributed by atoms with E-state index in [9.17, 15) is 9.59 Å². The molecule has 138 valence electrons. The van der Waals surface area contributed by atoms with Gasteiger partial charge < -0.3 is 14.9 Å². The van der Waals surface area contributed by atoms with E-state index in [1.54, 1.807) is 6.07 Å². The van der Waals surface area contributed by atoms with Gasteiger partial charge in [0.25, 0.3) is 11.8 Å². The van der Waals surface area contributed by atoms with E-state index in [0.717, 1.165) is 32.9 Å². The van der Waals surface area contributed by atoms with Crippen LogP contribution in [0, 0.1) is 0 Å². The Morgan fingerprint density at radius 3 is 2.04 bits per heavy atom. The first-order valence-electron chi connectivity index (χ1n) is 8.95. The topological polar surface area (TPSA) is 82.0 Å². The van der Waals surface area contributed by atoms with Crippen molar-refractivity contribution >= 4 is 50.5 Å². The van der Waals surface area contributed by atoms with Crippen LogP contribution >= 0.6 is 0 Å².